The standard InChI is InChI=1S/C13H20ClNO4S/c1-10(2)9-19-6-5-15-20(17,18)12-3-4-13(14)11(7-12)8-16/h3-4,7,10,15-16H,5-6,8-9H2,1-2H3. The van der Waals surface area contributed by atoms with Crippen LogP contribution < -0.4 is 4.72 Å². The lowest BCUT2D eigenvalue weighted by Gasteiger charge is -2.10. The van der Waals surface area contributed by atoms with Crippen LogP contribution in [0.25, 0.3) is 0 Å². The molecule has 1 rings (SSSR count). The van der Waals surface area contributed by atoms with Crippen LogP contribution in [0.1, 0.15) is 19.4 Å². The van der Waals surface area contributed by atoms with Crippen molar-refractivity contribution in [3.05, 3.63) is 28.8 Å². The number of rotatable bonds is 8. The molecule has 7 heteroatoms. The summed E-state index contributed by atoms with van der Waals surface area (Å²) in [5.41, 5.74) is 0.380. The van der Waals surface area contributed by atoms with Gasteiger partial charge in [-0.15, -0.1) is 0 Å². The van der Waals surface area contributed by atoms with Crippen LogP contribution in [0.2, 0.25) is 5.02 Å². The first-order valence-corrected chi connectivity index (χ1v) is 8.19. The first-order valence-electron chi connectivity index (χ1n) is 6.33. The molecule has 0 saturated heterocycles. The third kappa shape index (κ3) is 5.38. The normalized spacial score (nSPS) is 12.1. The van der Waals surface area contributed by atoms with Crippen LogP contribution in [-0.4, -0.2) is 33.3 Å². The number of sulfonamides is 1. The molecule has 1 aromatic rings. The molecule has 0 radical (unpaired) electrons. The zero-order valence-corrected chi connectivity index (χ0v) is 13.2. The van der Waals surface area contributed by atoms with Crippen molar-refractivity contribution in [3.8, 4) is 0 Å². The summed E-state index contributed by atoms with van der Waals surface area (Å²) >= 11 is 5.83. The lowest BCUT2D eigenvalue weighted by Crippen LogP contribution is -2.28. The summed E-state index contributed by atoms with van der Waals surface area (Å²) in [7, 11) is -3.61. The van der Waals surface area contributed by atoms with Crippen molar-refractivity contribution in [2.75, 3.05) is 19.8 Å². The molecule has 114 valence electrons. The summed E-state index contributed by atoms with van der Waals surface area (Å²) in [6.07, 6.45) is 0. The molecule has 0 amide bonds. The molecule has 0 heterocycles. The molecule has 5 nitrogen and oxygen atoms in total. The number of benzene rings is 1. The summed E-state index contributed by atoms with van der Waals surface area (Å²) < 4.78 is 31.8. The number of aliphatic hydroxyl groups is 1. The fraction of sp³-hybridized carbons (Fsp3) is 0.538. The van der Waals surface area contributed by atoms with Crippen LogP contribution in [0.3, 0.4) is 0 Å². The number of aliphatic hydroxyl groups excluding tert-OH is 1. The molecular formula is C13H20ClNO4S. The molecule has 2 N–H and O–H groups in total. The van der Waals surface area contributed by atoms with Crippen LogP contribution in [0.4, 0.5) is 0 Å². The van der Waals surface area contributed by atoms with Crippen molar-refractivity contribution >= 4 is 21.6 Å². The maximum absolute atomic E-state index is 12.0. The van der Waals surface area contributed by atoms with Crippen LogP contribution in [0, 0.1) is 5.92 Å². The fourth-order valence-corrected chi connectivity index (χ4v) is 2.73. The zero-order chi connectivity index (χ0) is 15.2. The van der Waals surface area contributed by atoms with E-state index in [0.717, 1.165) is 0 Å². The molecule has 0 aliphatic heterocycles. The smallest absolute Gasteiger partial charge is 0.240 e. The highest BCUT2D eigenvalue weighted by Gasteiger charge is 2.15. The second-order valence-electron chi connectivity index (χ2n) is 4.78. The van der Waals surface area contributed by atoms with Gasteiger partial charge in [0, 0.05) is 18.2 Å². The molecule has 0 aromatic heterocycles. The molecule has 1 aromatic carbocycles. The van der Waals surface area contributed by atoms with Crippen molar-refractivity contribution in [2.45, 2.75) is 25.3 Å². The molecule has 0 unspecified atom stereocenters. The third-order valence-electron chi connectivity index (χ3n) is 2.49. The minimum atomic E-state index is -3.61. The molecule has 0 aliphatic carbocycles. The predicted molar refractivity (Wildman–Crippen MR) is 78.2 cm³/mol. The fourth-order valence-electron chi connectivity index (χ4n) is 1.49. The molecule has 0 spiro atoms. The van der Waals surface area contributed by atoms with Gasteiger partial charge < -0.3 is 9.84 Å². The first-order chi connectivity index (χ1) is 9.36. The topological polar surface area (TPSA) is 75.6 Å². The van der Waals surface area contributed by atoms with Gasteiger partial charge in [0.05, 0.1) is 18.1 Å². The van der Waals surface area contributed by atoms with Gasteiger partial charge in [0.15, 0.2) is 0 Å². The SMILES string of the molecule is CC(C)COCCNS(=O)(=O)c1ccc(Cl)c(CO)c1. The summed E-state index contributed by atoms with van der Waals surface area (Å²) in [6.45, 7) is 4.85. The van der Waals surface area contributed by atoms with Gasteiger partial charge in [-0.05, 0) is 29.7 Å². The molecule has 20 heavy (non-hydrogen) atoms. The lowest BCUT2D eigenvalue weighted by molar-refractivity contribution is 0.114. The number of hydrogen-bond donors (Lipinski definition) is 2. The molecule has 0 fully saturated rings. The highest BCUT2D eigenvalue weighted by molar-refractivity contribution is 7.89. The molecule has 0 bridgehead atoms. The van der Waals surface area contributed by atoms with Crippen molar-refractivity contribution in [1.29, 1.82) is 0 Å². The van der Waals surface area contributed by atoms with E-state index in [1.165, 1.54) is 18.2 Å². The van der Waals surface area contributed by atoms with E-state index < -0.39 is 10.0 Å². The van der Waals surface area contributed by atoms with Crippen molar-refractivity contribution < 1.29 is 18.3 Å². The van der Waals surface area contributed by atoms with Gasteiger partial charge in [0.1, 0.15) is 0 Å². The van der Waals surface area contributed by atoms with Crippen molar-refractivity contribution in [2.24, 2.45) is 5.92 Å². The lowest BCUT2D eigenvalue weighted by atomic mass is 10.2. The average Bonchev–Trinajstić information content (AvgIpc) is 2.38. The van der Waals surface area contributed by atoms with E-state index in [0.29, 0.717) is 29.7 Å². The highest BCUT2D eigenvalue weighted by Crippen LogP contribution is 2.20. The van der Waals surface area contributed by atoms with Crippen LogP contribution in [0.15, 0.2) is 23.1 Å². The van der Waals surface area contributed by atoms with Gasteiger partial charge in [0.2, 0.25) is 10.0 Å². The van der Waals surface area contributed by atoms with Crippen molar-refractivity contribution in [3.63, 3.8) is 0 Å². The monoisotopic (exact) mass is 321 g/mol. The first kappa shape index (κ1) is 17.4. The summed E-state index contributed by atoms with van der Waals surface area (Å²) in [5.74, 6) is 0.412. The Hall–Kier alpha value is -0.660. The molecule has 0 atom stereocenters. The summed E-state index contributed by atoms with van der Waals surface area (Å²) in [4.78, 5) is 0.0785. The molecule has 0 saturated carbocycles. The Balaban J connectivity index is 2.60. The third-order valence-corrected chi connectivity index (χ3v) is 4.31. The van der Waals surface area contributed by atoms with E-state index in [2.05, 4.69) is 4.72 Å². The van der Waals surface area contributed by atoms with Crippen molar-refractivity contribution in [1.82, 2.24) is 4.72 Å². The Morgan fingerprint density at radius 3 is 2.70 bits per heavy atom. The second kappa shape index (κ2) is 7.95. The van der Waals surface area contributed by atoms with Gasteiger partial charge in [-0.25, -0.2) is 13.1 Å². The summed E-state index contributed by atoms with van der Waals surface area (Å²) in [6, 6.07) is 4.22. The Morgan fingerprint density at radius 2 is 2.10 bits per heavy atom. The minimum absolute atomic E-state index is 0.0785. The second-order valence-corrected chi connectivity index (χ2v) is 6.95. The van der Waals surface area contributed by atoms with Gasteiger partial charge >= 0.3 is 0 Å². The van der Waals surface area contributed by atoms with E-state index in [-0.39, 0.29) is 18.0 Å². The Kier molecular flexibility index (Phi) is 6.91. The number of nitrogens with one attached hydrogen (secondary N) is 1. The van der Waals surface area contributed by atoms with E-state index in [4.69, 9.17) is 21.4 Å². The maximum atomic E-state index is 12.0. The highest BCUT2D eigenvalue weighted by atomic mass is 35.5. The Labute approximate surface area is 125 Å². The minimum Gasteiger partial charge on any atom is -0.392 e. The summed E-state index contributed by atoms with van der Waals surface area (Å²) in [5, 5.41) is 9.43. The number of hydrogen-bond acceptors (Lipinski definition) is 4. The van der Waals surface area contributed by atoms with Gasteiger partial charge in [-0.2, -0.15) is 0 Å². The molecule has 0 aliphatic rings. The number of halogens is 1. The number of ether oxygens (including phenoxy) is 1. The van der Waals surface area contributed by atoms with E-state index in [9.17, 15) is 8.42 Å². The molecular weight excluding hydrogens is 302 g/mol. The van der Waals surface area contributed by atoms with Crippen LogP contribution >= 0.6 is 11.6 Å². The Bertz CT molecular complexity index is 531. The van der Waals surface area contributed by atoms with E-state index >= 15 is 0 Å². The average molecular weight is 322 g/mol. The predicted octanol–water partition coefficient (Wildman–Crippen LogP) is 1.78. The maximum Gasteiger partial charge on any atom is 0.240 e. The van der Waals surface area contributed by atoms with Crippen LogP contribution in [-0.2, 0) is 21.4 Å². The quantitative estimate of drug-likeness (QED) is 0.716. The zero-order valence-electron chi connectivity index (χ0n) is 11.6. The van der Waals surface area contributed by atoms with Gasteiger partial charge in [-0.3, -0.25) is 0 Å². The van der Waals surface area contributed by atoms with Gasteiger partial charge in [0.25, 0.3) is 0 Å². The van der Waals surface area contributed by atoms with Gasteiger partial charge in [-0.1, -0.05) is 25.4 Å². The van der Waals surface area contributed by atoms with E-state index in [1.807, 2.05) is 13.8 Å². The Morgan fingerprint density at radius 1 is 1.40 bits per heavy atom. The largest absolute Gasteiger partial charge is 0.392 e. The van der Waals surface area contributed by atoms with E-state index in [1.54, 1.807) is 0 Å². The van der Waals surface area contributed by atoms with Crippen LogP contribution in [0.5, 0.6) is 0 Å².